The van der Waals surface area contributed by atoms with Gasteiger partial charge in [0.05, 0.1) is 6.10 Å². The second-order valence-electron chi connectivity index (χ2n) is 3.43. The third kappa shape index (κ3) is 2.84. The summed E-state index contributed by atoms with van der Waals surface area (Å²) >= 11 is 4.01. The number of ether oxygens (including phenoxy) is 2. The van der Waals surface area contributed by atoms with Crippen molar-refractivity contribution in [3.8, 4) is 0 Å². The zero-order valence-electron chi connectivity index (χ0n) is 8.30. The average molecular weight is 222 g/mol. The number of hydrogen-bond donors (Lipinski definition) is 3. The molecule has 0 spiro atoms. The van der Waals surface area contributed by atoms with Gasteiger partial charge in [0.15, 0.2) is 6.29 Å². The summed E-state index contributed by atoms with van der Waals surface area (Å²) in [6.45, 7) is 2.60. The Hall–Kier alpha value is 0.190. The van der Waals surface area contributed by atoms with Gasteiger partial charge in [-0.3, -0.25) is 0 Å². The SMILES string of the molecule is CCCCO[C@@H]1O[C@H](CS)[C@@H](O)[C@H]1O. The van der Waals surface area contributed by atoms with E-state index in [1.165, 1.54) is 0 Å². The molecular formula is C9H18O4S. The maximum absolute atomic E-state index is 9.52. The minimum Gasteiger partial charge on any atom is -0.387 e. The third-order valence-electron chi connectivity index (χ3n) is 2.28. The first-order valence-corrected chi connectivity index (χ1v) is 5.58. The molecule has 0 saturated carbocycles. The minimum atomic E-state index is -0.955. The number of aliphatic hydroxyl groups is 2. The van der Waals surface area contributed by atoms with Crippen molar-refractivity contribution in [2.24, 2.45) is 0 Å². The van der Waals surface area contributed by atoms with Gasteiger partial charge in [-0.05, 0) is 6.42 Å². The van der Waals surface area contributed by atoms with Gasteiger partial charge in [0, 0.05) is 12.4 Å². The molecule has 4 nitrogen and oxygen atoms in total. The molecule has 0 aromatic heterocycles. The van der Waals surface area contributed by atoms with Gasteiger partial charge in [0.1, 0.15) is 12.2 Å². The molecule has 0 unspecified atom stereocenters. The summed E-state index contributed by atoms with van der Waals surface area (Å²) in [4.78, 5) is 0. The largest absolute Gasteiger partial charge is 0.387 e. The van der Waals surface area contributed by atoms with Gasteiger partial charge in [-0.15, -0.1) is 0 Å². The Morgan fingerprint density at radius 2 is 2.07 bits per heavy atom. The number of unbranched alkanes of at least 4 members (excludes halogenated alkanes) is 1. The van der Waals surface area contributed by atoms with Crippen LogP contribution in [0.2, 0.25) is 0 Å². The molecule has 0 bridgehead atoms. The standard InChI is InChI=1S/C9H18O4S/c1-2-3-4-12-9-8(11)7(10)6(5-14)13-9/h6-11,14H,2-5H2,1H3/t6-,7-,8-,9-/m1/s1. The van der Waals surface area contributed by atoms with E-state index < -0.39 is 24.6 Å². The molecule has 4 atom stereocenters. The zero-order valence-corrected chi connectivity index (χ0v) is 9.19. The molecule has 0 radical (unpaired) electrons. The Balaban J connectivity index is 2.32. The lowest BCUT2D eigenvalue weighted by Gasteiger charge is -2.14. The van der Waals surface area contributed by atoms with Crippen molar-refractivity contribution >= 4 is 12.6 Å². The number of thiol groups is 1. The van der Waals surface area contributed by atoms with Crippen LogP contribution in [-0.4, -0.2) is 47.2 Å². The average Bonchev–Trinajstić information content (AvgIpc) is 2.46. The summed E-state index contributed by atoms with van der Waals surface area (Å²) in [6, 6.07) is 0. The molecule has 14 heavy (non-hydrogen) atoms. The summed E-state index contributed by atoms with van der Waals surface area (Å²) in [7, 11) is 0. The number of hydrogen-bond acceptors (Lipinski definition) is 5. The summed E-state index contributed by atoms with van der Waals surface area (Å²) < 4.78 is 10.6. The first-order valence-electron chi connectivity index (χ1n) is 4.94. The minimum absolute atomic E-state index is 0.381. The van der Waals surface area contributed by atoms with Crippen LogP contribution in [0.3, 0.4) is 0 Å². The lowest BCUT2D eigenvalue weighted by Crippen LogP contribution is -2.34. The molecule has 1 fully saturated rings. The highest BCUT2D eigenvalue weighted by Crippen LogP contribution is 2.23. The molecule has 1 aliphatic heterocycles. The molecule has 0 aromatic rings. The van der Waals surface area contributed by atoms with Crippen molar-refractivity contribution in [1.82, 2.24) is 0 Å². The van der Waals surface area contributed by atoms with Crippen LogP contribution in [0.5, 0.6) is 0 Å². The Labute approximate surface area is 89.6 Å². The Kier molecular flexibility index (Phi) is 5.19. The zero-order chi connectivity index (χ0) is 10.6. The van der Waals surface area contributed by atoms with Crippen molar-refractivity contribution < 1.29 is 19.7 Å². The summed E-state index contributed by atoms with van der Waals surface area (Å²) in [5.74, 6) is 0.381. The topological polar surface area (TPSA) is 58.9 Å². The van der Waals surface area contributed by atoms with Gasteiger partial charge in [0.25, 0.3) is 0 Å². The maximum atomic E-state index is 9.52. The van der Waals surface area contributed by atoms with Crippen LogP contribution in [0.4, 0.5) is 0 Å². The van der Waals surface area contributed by atoms with Gasteiger partial charge in [0.2, 0.25) is 0 Å². The van der Waals surface area contributed by atoms with Crippen LogP contribution in [0.25, 0.3) is 0 Å². The molecular weight excluding hydrogens is 204 g/mol. The van der Waals surface area contributed by atoms with Gasteiger partial charge in [-0.1, -0.05) is 13.3 Å². The lowest BCUT2D eigenvalue weighted by atomic mass is 10.1. The molecule has 1 heterocycles. The smallest absolute Gasteiger partial charge is 0.186 e. The van der Waals surface area contributed by atoms with Crippen LogP contribution < -0.4 is 0 Å². The fraction of sp³-hybridized carbons (Fsp3) is 1.00. The molecule has 1 saturated heterocycles. The predicted molar refractivity (Wildman–Crippen MR) is 55.4 cm³/mol. The van der Waals surface area contributed by atoms with Gasteiger partial charge >= 0.3 is 0 Å². The first-order chi connectivity index (χ1) is 6.70. The third-order valence-corrected chi connectivity index (χ3v) is 2.64. The quantitative estimate of drug-likeness (QED) is 0.459. The van der Waals surface area contributed by atoms with Gasteiger partial charge in [-0.25, -0.2) is 0 Å². The number of aliphatic hydroxyl groups excluding tert-OH is 2. The second-order valence-corrected chi connectivity index (χ2v) is 3.80. The molecule has 2 N–H and O–H groups in total. The van der Waals surface area contributed by atoms with E-state index in [2.05, 4.69) is 19.6 Å². The molecule has 5 heteroatoms. The molecule has 0 aromatic carbocycles. The molecule has 0 amide bonds. The summed E-state index contributed by atoms with van der Waals surface area (Å²) in [5, 5.41) is 19.0. The van der Waals surface area contributed by atoms with Crippen LogP contribution in [0, 0.1) is 0 Å². The Bertz CT molecular complexity index is 167. The highest BCUT2D eigenvalue weighted by molar-refractivity contribution is 7.80. The van der Waals surface area contributed by atoms with E-state index in [9.17, 15) is 10.2 Å². The highest BCUT2D eigenvalue weighted by atomic mass is 32.1. The lowest BCUT2D eigenvalue weighted by molar-refractivity contribution is -0.163. The molecule has 84 valence electrons. The Morgan fingerprint density at radius 1 is 1.36 bits per heavy atom. The second kappa shape index (κ2) is 5.92. The normalized spacial score (nSPS) is 37.7. The van der Waals surface area contributed by atoms with E-state index in [0.29, 0.717) is 12.4 Å². The van der Waals surface area contributed by atoms with Gasteiger partial charge < -0.3 is 19.7 Å². The van der Waals surface area contributed by atoms with E-state index in [4.69, 9.17) is 9.47 Å². The van der Waals surface area contributed by atoms with E-state index >= 15 is 0 Å². The van der Waals surface area contributed by atoms with Gasteiger partial charge in [-0.2, -0.15) is 12.6 Å². The fourth-order valence-electron chi connectivity index (χ4n) is 1.35. The van der Waals surface area contributed by atoms with E-state index in [-0.39, 0.29) is 0 Å². The van der Waals surface area contributed by atoms with Crippen molar-refractivity contribution in [3.05, 3.63) is 0 Å². The van der Waals surface area contributed by atoms with E-state index in [1.807, 2.05) is 0 Å². The van der Waals surface area contributed by atoms with E-state index in [0.717, 1.165) is 12.8 Å². The van der Waals surface area contributed by atoms with Crippen molar-refractivity contribution in [2.45, 2.75) is 44.4 Å². The van der Waals surface area contributed by atoms with E-state index in [1.54, 1.807) is 0 Å². The first kappa shape index (κ1) is 12.3. The maximum Gasteiger partial charge on any atom is 0.186 e. The summed E-state index contributed by atoms with van der Waals surface area (Å²) in [6.07, 6.45) is -1.02. The van der Waals surface area contributed by atoms with Crippen LogP contribution in [0.1, 0.15) is 19.8 Å². The van der Waals surface area contributed by atoms with Crippen LogP contribution >= 0.6 is 12.6 Å². The number of rotatable bonds is 5. The molecule has 1 rings (SSSR count). The fourth-order valence-corrected chi connectivity index (χ4v) is 1.65. The van der Waals surface area contributed by atoms with Crippen LogP contribution in [0.15, 0.2) is 0 Å². The molecule has 0 aliphatic carbocycles. The van der Waals surface area contributed by atoms with Crippen molar-refractivity contribution in [2.75, 3.05) is 12.4 Å². The monoisotopic (exact) mass is 222 g/mol. The van der Waals surface area contributed by atoms with Crippen LogP contribution in [-0.2, 0) is 9.47 Å². The Morgan fingerprint density at radius 3 is 2.57 bits per heavy atom. The van der Waals surface area contributed by atoms with Crippen molar-refractivity contribution in [3.63, 3.8) is 0 Å². The molecule has 1 aliphatic rings. The van der Waals surface area contributed by atoms with Crippen molar-refractivity contribution in [1.29, 1.82) is 0 Å². The highest BCUT2D eigenvalue weighted by Gasteiger charge is 2.42. The predicted octanol–water partition coefficient (Wildman–Crippen LogP) is 0.180. The summed E-state index contributed by atoms with van der Waals surface area (Å²) in [5.41, 5.74) is 0.